The van der Waals surface area contributed by atoms with Gasteiger partial charge in [-0.1, -0.05) is 0 Å². The van der Waals surface area contributed by atoms with E-state index in [2.05, 4.69) is 15.1 Å². The van der Waals surface area contributed by atoms with Crippen molar-refractivity contribution in [1.82, 2.24) is 10.3 Å². The number of carbonyl (C=O) groups is 1. The van der Waals surface area contributed by atoms with Gasteiger partial charge in [-0.3, -0.25) is 9.78 Å². The Hall–Kier alpha value is -2.18. The molecule has 86 valence electrons. The molecule has 0 aliphatic heterocycles. The first-order valence-corrected chi connectivity index (χ1v) is 4.59. The van der Waals surface area contributed by atoms with Gasteiger partial charge in [-0.15, -0.1) is 10.1 Å². The van der Waals surface area contributed by atoms with E-state index in [4.69, 9.17) is 0 Å². The Morgan fingerprint density at radius 2 is 2.50 bits per heavy atom. The lowest BCUT2D eigenvalue weighted by molar-refractivity contribution is -0.767. The number of aromatic nitrogens is 1. The number of hydrogen-bond donors (Lipinski definition) is 1. The summed E-state index contributed by atoms with van der Waals surface area (Å²) in [5, 5.41) is 11.6. The molecule has 1 aromatic heterocycles. The summed E-state index contributed by atoms with van der Waals surface area (Å²) in [5.41, 5.74) is 0.399. The van der Waals surface area contributed by atoms with E-state index in [0.717, 1.165) is 0 Å². The molecule has 1 unspecified atom stereocenters. The predicted octanol–water partition coefficient (Wildman–Crippen LogP) is 0.408. The number of carbonyl (C=O) groups excluding carboxylic acids is 1. The first kappa shape index (κ1) is 11.9. The molecule has 0 spiro atoms. The van der Waals surface area contributed by atoms with Gasteiger partial charge >= 0.3 is 0 Å². The number of amides is 1. The zero-order valence-corrected chi connectivity index (χ0v) is 8.62. The molecule has 0 saturated carbocycles. The van der Waals surface area contributed by atoms with Crippen LogP contribution < -0.4 is 5.32 Å². The summed E-state index contributed by atoms with van der Waals surface area (Å²) in [6, 6.07) is 3.23. The van der Waals surface area contributed by atoms with Gasteiger partial charge in [0.25, 0.3) is 11.0 Å². The predicted molar refractivity (Wildman–Crippen MR) is 54.1 cm³/mol. The average Bonchev–Trinajstić information content (AvgIpc) is 2.26. The molecule has 7 heteroatoms. The molecule has 0 aromatic carbocycles. The lowest BCUT2D eigenvalue weighted by Gasteiger charge is -2.10. The van der Waals surface area contributed by atoms with E-state index < -0.39 is 11.2 Å². The SMILES string of the molecule is CC(CNC(=O)c1cccnc1)O[N+](=O)[O-]. The van der Waals surface area contributed by atoms with Crippen molar-refractivity contribution in [2.75, 3.05) is 6.54 Å². The van der Waals surface area contributed by atoms with Crippen LogP contribution in [0.5, 0.6) is 0 Å². The maximum Gasteiger partial charge on any atom is 0.294 e. The van der Waals surface area contributed by atoms with Crippen LogP contribution in [-0.4, -0.2) is 28.6 Å². The van der Waals surface area contributed by atoms with Gasteiger partial charge in [0.2, 0.25) is 0 Å². The highest BCUT2D eigenvalue weighted by Crippen LogP contribution is 1.96. The Labute approximate surface area is 91.5 Å². The largest absolute Gasteiger partial charge is 0.350 e. The van der Waals surface area contributed by atoms with Gasteiger partial charge < -0.3 is 10.2 Å². The van der Waals surface area contributed by atoms with E-state index in [0.29, 0.717) is 5.56 Å². The molecule has 1 heterocycles. The summed E-state index contributed by atoms with van der Waals surface area (Å²) in [4.78, 5) is 29.5. The van der Waals surface area contributed by atoms with Crippen molar-refractivity contribution in [2.45, 2.75) is 13.0 Å². The fraction of sp³-hybridized carbons (Fsp3) is 0.333. The first-order chi connectivity index (χ1) is 7.59. The summed E-state index contributed by atoms with van der Waals surface area (Å²) in [7, 11) is 0. The zero-order valence-electron chi connectivity index (χ0n) is 8.62. The van der Waals surface area contributed by atoms with Crippen LogP contribution in [0.25, 0.3) is 0 Å². The van der Waals surface area contributed by atoms with E-state index in [1.54, 1.807) is 18.3 Å². The van der Waals surface area contributed by atoms with Crippen LogP contribution >= 0.6 is 0 Å². The number of hydrogen-bond acceptors (Lipinski definition) is 5. The van der Waals surface area contributed by atoms with Gasteiger partial charge in [0.15, 0.2) is 0 Å². The molecule has 1 N–H and O–H groups in total. The molecular formula is C9H11N3O4. The van der Waals surface area contributed by atoms with E-state index >= 15 is 0 Å². The van der Waals surface area contributed by atoms with Crippen molar-refractivity contribution in [3.63, 3.8) is 0 Å². The van der Waals surface area contributed by atoms with Gasteiger partial charge in [0.1, 0.15) is 6.10 Å². The Morgan fingerprint density at radius 1 is 1.75 bits per heavy atom. The second-order valence-corrected chi connectivity index (χ2v) is 3.09. The van der Waals surface area contributed by atoms with Crippen molar-refractivity contribution in [1.29, 1.82) is 0 Å². The third kappa shape index (κ3) is 3.91. The molecule has 0 fully saturated rings. The van der Waals surface area contributed by atoms with Gasteiger partial charge in [-0.05, 0) is 19.1 Å². The smallest absolute Gasteiger partial charge is 0.294 e. The van der Waals surface area contributed by atoms with Crippen LogP contribution in [0.3, 0.4) is 0 Å². The average molecular weight is 225 g/mol. The molecule has 0 aliphatic rings. The normalized spacial score (nSPS) is 11.6. The van der Waals surface area contributed by atoms with Crippen LogP contribution in [-0.2, 0) is 4.84 Å². The fourth-order valence-corrected chi connectivity index (χ4v) is 1.02. The molecule has 1 amide bonds. The van der Waals surface area contributed by atoms with Crippen LogP contribution in [0, 0.1) is 10.1 Å². The number of rotatable bonds is 5. The number of nitrogens with one attached hydrogen (secondary N) is 1. The Kier molecular flexibility index (Phi) is 4.19. The van der Waals surface area contributed by atoms with Gasteiger partial charge in [-0.25, -0.2) is 0 Å². The van der Waals surface area contributed by atoms with E-state index in [9.17, 15) is 14.9 Å². The van der Waals surface area contributed by atoms with Crippen LogP contribution in [0.4, 0.5) is 0 Å². The molecule has 0 saturated heterocycles. The second kappa shape index (κ2) is 5.64. The van der Waals surface area contributed by atoms with Crippen LogP contribution in [0.15, 0.2) is 24.5 Å². The third-order valence-electron chi connectivity index (χ3n) is 1.74. The minimum Gasteiger partial charge on any atom is -0.350 e. The summed E-state index contributed by atoms with van der Waals surface area (Å²) in [5.74, 6) is -0.341. The summed E-state index contributed by atoms with van der Waals surface area (Å²) in [6.07, 6.45) is 2.28. The molecule has 1 aromatic rings. The van der Waals surface area contributed by atoms with Gasteiger partial charge in [0.05, 0.1) is 5.56 Å². The lowest BCUT2D eigenvalue weighted by atomic mass is 10.2. The third-order valence-corrected chi connectivity index (χ3v) is 1.74. The maximum atomic E-state index is 11.5. The highest BCUT2D eigenvalue weighted by atomic mass is 17.0. The maximum absolute atomic E-state index is 11.5. The van der Waals surface area contributed by atoms with Crippen molar-refractivity contribution < 1.29 is 14.7 Å². The highest BCUT2D eigenvalue weighted by molar-refractivity contribution is 5.93. The highest BCUT2D eigenvalue weighted by Gasteiger charge is 2.10. The molecule has 0 bridgehead atoms. The van der Waals surface area contributed by atoms with Crippen molar-refractivity contribution in [3.8, 4) is 0 Å². The quantitative estimate of drug-likeness (QED) is 0.578. The summed E-state index contributed by atoms with van der Waals surface area (Å²) < 4.78 is 0. The molecule has 0 radical (unpaired) electrons. The first-order valence-electron chi connectivity index (χ1n) is 4.59. The number of pyridine rings is 1. The van der Waals surface area contributed by atoms with E-state index in [1.165, 1.54) is 13.1 Å². The van der Waals surface area contributed by atoms with Crippen molar-refractivity contribution in [3.05, 3.63) is 40.2 Å². The van der Waals surface area contributed by atoms with Crippen LogP contribution in [0.2, 0.25) is 0 Å². The Morgan fingerprint density at radius 3 is 3.06 bits per heavy atom. The molecule has 7 nitrogen and oxygen atoms in total. The molecule has 1 atom stereocenters. The second-order valence-electron chi connectivity index (χ2n) is 3.09. The molecule has 16 heavy (non-hydrogen) atoms. The minimum absolute atomic E-state index is 0.0642. The van der Waals surface area contributed by atoms with Crippen molar-refractivity contribution >= 4 is 5.91 Å². The fourth-order valence-electron chi connectivity index (χ4n) is 1.02. The molecule has 0 aliphatic carbocycles. The standard InChI is InChI=1S/C9H11N3O4/c1-7(16-12(14)15)5-11-9(13)8-3-2-4-10-6-8/h2-4,6-7H,5H2,1H3,(H,11,13). The lowest BCUT2D eigenvalue weighted by Crippen LogP contribution is -2.33. The van der Waals surface area contributed by atoms with Gasteiger partial charge in [0, 0.05) is 18.9 Å². The Bertz CT molecular complexity index is 368. The molecular weight excluding hydrogens is 214 g/mol. The summed E-state index contributed by atoms with van der Waals surface area (Å²) >= 11 is 0. The number of nitrogens with zero attached hydrogens (tertiary/aromatic N) is 2. The van der Waals surface area contributed by atoms with Crippen LogP contribution in [0.1, 0.15) is 17.3 Å². The minimum atomic E-state index is -0.888. The monoisotopic (exact) mass is 225 g/mol. The van der Waals surface area contributed by atoms with Crippen molar-refractivity contribution in [2.24, 2.45) is 0 Å². The van der Waals surface area contributed by atoms with E-state index in [1.807, 2.05) is 0 Å². The zero-order chi connectivity index (χ0) is 12.0. The Balaban J connectivity index is 2.39. The summed E-state index contributed by atoms with van der Waals surface area (Å²) in [6.45, 7) is 1.56. The van der Waals surface area contributed by atoms with E-state index in [-0.39, 0.29) is 12.5 Å². The topological polar surface area (TPSA) is 94.4 Å². The van der Waals surface area contributed by atoms with Gasteiger partial charge in [-0.2, -0.15) is 0 Å². The molecule has 1 rings (SSSR count).